The number of carbonyl (C=O) groups is 1. The first-order valence-electron chi connectivity index (χ1n) is 11.0. The molecule has 0 fully saturated rings. The topological polar surface area (TPSA) is 62.2 Å². The van der Waals surface area contributed by atoms with E-state index in [1.807, 2.05) is 18.2 Å². The van der Waals surface area contributed by atoms with Gasteiger partial charge >= 0.3 is 0 Å². The van der Waals surface area contributed by atoms with E-state index in [1.165, 1.54) is 6.20 Å². The third kappa shape index (κ3) is 4.96. The van der Waals surface area contributed by atoms with Crippen molar-refractivity contribution in [2.45, 2.75) is 20.4 Å². The normalized spacial score (nSPS) is 10.9. The molecule has 0 atom stereocenters. The third-order valence-electron chi connectivity index (χ3n) is 5.68. The molecule has 2 aromatic carbocycles. The van der Waals surface area contributed by atoms with Crippen molar-refractivity contribution in [2.24, 2.45) is 0 Å². The van der Waals surface area contributed by atoms with Crippen molar-refractivity contribution in [3.8, 4) is 11.1 Å². The van der Waals surface area contributed by atoms with Crippen LogP contribution in [0.4, 0.5) is 5.82 Å². The van der Waals surface area contributed by atoms with Crippen LogP contribution in [0.15, 0.2) is 67.1 Å². The van der Waals surface area contributed by atoms with Gasteiger partial charge in [0.15, 0.2) is 0 Å². The lowest BCUT2D eigenvalue weighted by Gasteiger charge is -2.21. The van der Waals surface area contributed by atoms with E-state index in [4.69, 9.17) is 11.6 Å². The lowest BCUT2D eigenvalue weighted by molar-refractivity contribution is 0.0784. The second kappa shape index (κ2) is 9.96. The van der Waals surface area contributed by atoms with Crippen LogP contribution in [0.25, 0.3) is 22.0 Å². The number of pyridine rings is 1. The van der Waals surface area contributed by atoms with E-state index in [-0.39, 0.29) is 5.91 Å². The average molecular weight is 460 g/mol. The summed E-state index contributed by atoms with van der Waals surface area (Å²) in [5.41, 5.74) is 4.64. The first-order chi connectivity index (χ1) is 16.0. The molecule has 0 saturated heterocycles. The minimum atomic E-state index is -0.101. The van der Waals surface area contributed by atoms with Crippen molar-refractivity contribution in [2.75, 3.05) is 25.0 Å². The van der Waals surface area contributed by atoms with Gasteiger partial charge in [-0.15, -0.1) is 0 Å². The molecule has 0 spiro atoms. The van der Waals surface area contributed by atoms with E-state index in [0.29, 0.717) is 17.3 Å². The maximum atomic E-state index is 12.7. The third-order valence-corrected chi connectivity index (χ3v) is 5.90. The van der Waals surface area contributed by atoms with Gasteiger partial charge in [0, 0.05) is 38.3 Å². The summed E-state index contributed by atoms with van der Waals surface area (Å²) in [6, 6.07) is 17.8. The molecule has 168 valence electrons. The summed E-state index contributed by atoms with van der Waals surface area (Å²) >= 11 is 5.83. The molecule has 0 unspecified atom stereocenters. The predicted octanol–water partition coefficient (Wildman–Crippen LogP) is 5.46. The minimum Gasteiger partial charge on any atom is -0.357 e. The fourth-order valence-corrected chi connectivity index (χ4v) is 4.03. The molecule has 4 aromatic rings. The Morgan fingerprint density at radius 1 is 0.939 bits per heavy atom. The highest BCUT2D eigenvalue weighted by Crippen LogP contribution is 2.29. The monoisotopic (exact) mass is 459 g/mol. The fourth-order valence-electron chi connectivity index (χ4n) is 3.92. The Morgan fingerprint density at radius 3 is 2.45 bits per heavy atom. The summed E-state index contributed by atoms with van der Waals surface area (Å²) in [7, 11) is 1.79. The number of halogens is 1. The summed E-state index contributed by atoms with van der Waals surface area (Å²) in [6.45, 7) is 6.50. The quantitative estimate of drug-likeness (QED) is 0.343. The lowest BCUT2D eigenvalue weighted by Crippen LogP contribution is -2.26. The molecule has 6 nitrogen and oxygen atoms in total. The Hall–Kier alpha value is -3.51. The molecule has 0 aliphatic heterocycles. The minimum absolute atomic E-state index is 0.101. The molecule has 33 heavy (non-hydrogen) atoms. The number of anilines is 1. The fraction of sp³-hybridized carbons (Fsp3) is 0.231. The molecule has 2 heterocycles. The smallest absolute Gasteiger partial charge is 0.255 e. The number of hydrogen-bond acceptors (Lipinski definition) is 5. The summed E-state index contributed by atoms with van der Waals surface area (Å²) < 4.78 is 0. The van der Waals surface area contributed by atoms with Gasteiger partial charge in [0.25, 0.3) is 5.91 Å². The van der Waals surface area contributed by atoms with Gasteiger partial charge in [0.2, 0.25) is 0 Å². The molecule has 0 bridgehead atoms. The van der Waals surface area contributed by atoms with E-state index in [2.05, 4.69) is 58.0 Å². The van der Waals surface area contributed by atoms with Crippen molar-refractivity contribution >= 4 is 34.2 Å². The van der Waals surface area contributed by atoms with Crippen molar-refractivity contribution < 1.29 is 4.79 Å². The summed E-state index contributed by atoms with van der Waals surface area (Å²) in [4.78, 5) is 29.7. The molecule has 0 saturated carbocycles. The molecule has 1 amide bonds. The van der Waals surface area contributed by atoms with E-state index >= 15 is 0 Å². The number of fused-ring (bicyclic) bond motifs is 1. The lowest BCUT2D eigenvalue weighted by atomic mass is 10.0. The summed E-state index contributed by atoms with van der Waals surface area (Å²) in [5.74, 6) is 0.848. The van der Waals surface area contributed by atoms with E-state index in [0.717, 1.165) is 46.5 Å². The standard InChI is InChI=1S/C26H26ClN5O/c1-4-32(5-2)25-22-14-20(9-11-23(22)29-17-30-25)19-8-6-7-18(13-19)16-31(3)26(33)21-10-12-24(27)28-15-21/h6-15,17H,4-5,16H2,1-3H3. The molecule has 2 aromatic heterocycles. The van der Waals surface area contributed by atoms with Gasteiger partial charge < -0.3 is 9.80 Å². The number of rotatable bonds is 7. The zero-order valence-electron chi connectivity index (χ0n) is 19.0. The van der Waals surface area contributed by atoms with Gasteiger partial charge in [0.05, 0.1) is 11.1 Å². The Balaban J connectivity index is 1.61. The molecule has 0 N–H and O–H groups in total. The van der Waals surface area contributed by atoms with E-state index in [1.54, 1.807) is 30.4 Å². The highest BCUT2D eigenvalue weighted by atomic mass is 35.5. The van der Waals surface area contributed by atoms with E-state index < -0.39 is 0 Å². The zero-order valence-corrected chi connectivity index (χ0v) is 19.8. The highest BCUT2D eigenvalue weighted by Gasteiger charge is 2.14. The molecule has 4 rings (SSSR count). The SMILES string of the molecule is CCN(CC)c1ncnc2ccc(-c3cccc(CN(C)C(=O)c4ccc(Cl)nc4)c3)cc12. The zero-order chi connectivity index (χ0) is 23.4. The van der Waals surface area contributed by atoms with Crippen LogP contribution in [0.3, 0.4) is 0 Å². The first kappa shape index (κ1) is 22.7. The van der Waals surface area contributed by atoms with Gasteiger partial charge in [-0.25, -0.2) is 15.0 Å². The molecule has 0 aliphatic carbocycles. The van der Waals surface area contributed by atoms with Crippen molar-refractivity contribution in [1.29, 1.82) is 0 Å². The van der Waals surface area contributed by atoms with Crippen LogP contribution >= 0.6 is 11.6 Å². The number of nitrogens with zero attached hydrogens (tertiary/aromatic N) is 5. The van der Waals surface area contributed by atoms with Crippen LogP contribution in [-0.4, -0.2) is 45.9 Å². The Labute approximate surface area is 198 Å². The summed E-state index contributed by atoms with van der Waals surface area (Å²) in [5, 5.41) is 1.40. The van der Waals surface area contributed by atoms with Crippen LogP contribution in [0.1, 0.15) is 29.8 Å². The maximum absolute atomic E-state index is 12.7. The molecule has 0 aliphatic rings. The van der Waals surface area contributed by atoms with Crippen molar-refractivity contribution in [3.63, 3.8) is 0 Å². The number of amides is 1. The van der Waals surface area contributed by atoms with Crippen LogP contribution < -0.4 is 4.90 Å². The van der Waals surface area contributed by atoms with Crippen molar-refractivity contribution in [1.82, 2.24) is 19.9 Å². The van der Waals surface area contributed by atoms with Crippen LogP contribution in [0.2, 0.25) is 5.15 Å². The molecular formula is C26H26ClN5O. The average Bonchev–Trinajstić information content (AvgIpc) is 2.85. The first-order valence-corrected chi connectivity index (χ1v) is 11.3. The Kier molecular flexibility index (Phi) is 6.84. The van der Waals surface area contributed by atoms with Gasteiger partial charge in [-0.05, 0) is 60.9 Å². The van der Waals surface area contributed by atoms with Crippen molar-refractivity contribution in [3.05, 3.63) is 83.4 Å². The maximum Gasteiger partial charge on any atom is 0.255 e. The second-order valence-electron chi connectivity index (χ2n) is 7.83. The number of carbonyl (C=O) groups excluding carboxylic acids is 1. The predicted molar refractivity (Wildman–Crippen MR) is 134 cm³/mol. The van der Waals surface area contributed by atoms with Gasteiger partial charge in [-0.2, -0.15) is 0 Å². The van der Waals surface area contributed by atoms with Crippen LogP contribution in [0.5, 0.6) is 0 Å². The Bertz CT molecular complexity index is 1270. The van der Waals surface area contributed by atoms with Crippen LogP contribution in [-0.2, 0) is 6.54 Å². The van der Waals surface area contributed by atoms with Gasteiger partial charge in [-0.1, -0.05) is 35.9 Å². The number of benzene rings is 2. The second-order valence-corrected chi connectivity index (χ2v) is 8.22. The van der Waals surface area contributed by atoms with Gasteiger partial charge in [0.1, 0.15) is 17.3 Å². The molecule has 0 radical (unpaired) electrons. The largest absolute Gasteiger partial charge is 0.357 e. The van der Waals surface area contributed by atoms with E-state index in [9.17, 15) is 4.79 Å². The number of hydrogen-bond donors (Lipinski definition) is 0. The Morgan fingerprint density at radius 2 is 1.73 bits per heavy atom. The molecule has 7 heteroatoms. The van der Waals surface area contributed by atoms with Crippen LogP contribution in [0, 0.1) is 0 Å². The molecular weight excluding hydrogens is 434 g/mol. The van der Waals surface area contributed by atoms with Gasteiger partial charge in [-0.3, -0.25) is 4.79 Å². The number of aromatic nitrogens is 3. The highest BCUT2D eigenvalue weighted by molar-refractivity contribution is 6.29. The summed E-state index contributed by atoms with van der Waals surface area (Å²) in [6.07, 6.45) is 3.13.